The van der Waals surface area contributed by atoms with E-state index < -0.39 is 0 Å². The zero-order valence-electron chi connectivity index (χ0n) is 11.4. The van der Waals surface area contributed by atoms with E-state index in [0.717, 1.165) is 23.4 Å². The molecule has 1 heterocycles. The highest BCUT2D eigenvalue weighted by Gasteiger charge is 2.13. The van der Waals surface area contributed by atoms with Gasteiger partial charge in [-0.05, 0) is 31.0 Å². The van der Waals surface area contributed by atoms with E-state index in [2.05, 4.69) is 10.4 Å². The molecule has 1 amide bonds. The Morgan fingerprint density at radius 1 is 1.47 bits per heavy atom. The zero-order valence-corrected chi connectivity index (χ0v) is 11.4. The van der Waals surface area contributed by atoms with Gasteiger partial charge in [0, 0.05) is 18.9 Å². The van der Waals surface area contributed by atoms with Crippen LogP contribution in [0.3, 0.4) is 0 Å². The van der Waals surface area contributed by atoms with Crippen LogP contribution in [0.15, 0.2) is 24.4 Å². The van der Waals surface area contributed by atoms with Gasteiger partial charge in [0.2, 0.25) is 0 Å². The van der Waals surface area contributed by atoms with Crippen LogP contribution >= 0.6 is 0 Å². The van der Waals surface area contributed by atoms with Gasteiger partial charge in [0.15, 0.2) is 0 Å². The molecule has 100 valence electrons. The molecule has 0 spiro atoms. The number of nitrogens with one attached hydrogen (secondary N) is 1. The lowest BCUT2D eigenvalue weighted by atomic mass is 10.1. The van der Waals surface area contributed by atoms with Crippen molar-refractivity contribution in [3.8, 4) is 0 Å². The predicted octanol–water partition coefficient (Wildman–Crippen LogP) is 2.13. The van der Waals surface area contributed by atoms with Crippen LogP contribution in [0.2, 0.25) is 0 Å². The molecule has 0 aliphatic rings. The van der Waals surface area contributed by atoms with Crippen molar-refractivity contribution >= 4 is 17.3 Å². The van der Waals surface area contributed by atoms with E-state index in [4.69, 9.17) is 5.73 Å². The van der Waals surface area contributed by atoms with Crippen LogP contribution < -0.4 is 11.1 Å². The van der Waals surface area contributed by atoms with E-state index in [0.29, 0.717) is 11.3 Å². The van der Waals surface area contributed by atoms with Gasteiger partial charge in [-0.3, -0.25) is 9.48 Å². The monoisotopic (exact) mass is 258 g/mol. The largest absolute Gasteiger partial charge is 0.398 e. The lowest BCUT2D eigenvalue weighted by Crippen LogP contribution is -2.14. The maximum absolute atomic E-state index is 12.2. The Labute approximate surface area is 112 Å². The first-order valence-electron chi connectivity index (χ1n) is 6.21. The maximum Gasteiger partial charge on any atom is 0.257 e. The molecule has 2 rings (SSSR count). The van der Waals surface area contributed by atoms with Crippen molar-refractivity contribution in [1.29, 1.82) is 0 Å². The summed E-state index contributed by atoms with van der Waals surface area (Å²) in [4.78, 5) is 12.2. The van der Waals surface area contributed by atoms with E-state index in [1.807, 2.05) is 27.0 Å². The van der Waals surface area contributed by atoms with E-state index >= 15 is 0 Å². The highest BCUT2D eigenvalue weighted by Crippen LogP contribution is 2.18. The Bertz CT molecular complexity index is 616. The second-order valence-corrected chi connectivity index (χ2v) is 4.56. The fourth-order valence-corrected chi connectivity index (χ4v) is 1.98. The minimum Gasteiger partial charge on any atom is -0.398 e. The Morgan fingerprint density at radius 3 is 2.84 bits per heavy atom. The number of carbonyl (C=O) groups excluding carboxylic acids is 1. The number of hydrogen-bond acceptors (Lipinski definition) is 3. The van der Waals surface area contributed by atoms with Crippen LogP contribution in [-0.2, 0) is 13.5 Å². The number of anilines is 2. The molecule has 0 saturated carbocycles. The van der Waals surface area contributed by atoms with Gasteiger partial charge in [0.05, 0.1) is 16.9 Å². The number of amides is 1. The summed E-state index contributed by atoms with van der Waals surface area (Å²) in [5.41, 5.74) is 9.46. The Hall–Kier alpha value is -2.30. The number of carbonyl (C=O) groups is 1. The van der Waals surface area contributed by atoms with E-state index in [1.54, 1.807) is 23.0 Å². The van der Waals surface area contributed by atoms with Crippen molar-refractivity contribution < 1.29 is 4.79 Å². The van der Waals surface area contributed by atoms with Crippen LogP contribution in [0.5, 0.6) is 0 Å². The summed E-state index contributed by atoms with van der Waals surface area (Å²) < 4.78 is 1.69. The lowest BCUT2D eigenvalue weighted by molar-refractivity contribution is 0.102. The summed E-state index contributed by atoms with van der Waals surface area (Å²) in [6, 6.07) is 5.40. The van der Waals surface area contributed by atoms with E-state index in [1.165, 1.54) is 0 Å². The van der Waals surface area contributed by atoms with Crippen LogP contribution in [0, 0.1) is 6.92 Å². The summed E-state index contributed by atoms with van der Waals surface area (Å²) in [7, 11) is 1.83. The van der Waals surface area contributed by atoms with Crippen LogP contribution in [0.1, 0.15) is 28.5 Å². The molecule has 0 aliphatic heterocycles. The Balaban J connectivity index is 2.25. The smallest absolute Gasteiger partial charge is 0.257 e. The summed E-state index contributed by atoms with van der Waals surface area (Å²) in [5, 5.41) is 7.14. The number of nitrogens with two attached hydrogens (primary N) is 1. The number of hydrogen-bond donors (Lipinski definition) is 2. The van der Waals surface area contributed by atoms with Gasteiger partial charge in [-0.25, -0.2) is 0 Å². The first-order chi connectivity index (χ1) is 9.01. The SMILES string of the molecule is CCc1nn(C)cc1NC(=O)c1ccc(C)cc1N. The molecule has 1 aromatic carbocycles. The van der Waals surface area contributed by atoms with Gasteiger partial charge in [0.25, 0.3) is 5.91 Å². The molecule has 0 bridgehead atoms. The van der Waals surface area contributed by atoms with Gasteiger partial charge in [-0.15, -0.1) is 0 Å². The average molecular weight is 258 g/mol. The maximum atomic E-state index is 12.2. The summed E-state index contributed by atoms with van der Waals surface area (Å²) in [6.45, 7) is 3.94. The van der Waals surface area contributed by atoms with Crippen molar-refractivity contribution in [3.05, 3.63) is 41.2 Å². The minimum absolute atomic E-state index is 0.208. The van der Waals surface area contributed by atoms with Crippen LogP contribution in [0.4, 0.5) is 11.4 Å². The zero-order chi connectivity index (χ0) is 14.0. The molecule has 0 radical (unpaired) electrons. The molecule has 0 aliphatic carbocycles. The van der Waals surface area contributed by atoms with Gasteiger partial charge < -0.3 is 11.1 Å². The molecule has 0 saturated heterocycles. The predicted molar refractivity (Wildman–Crippen MR) is 76.1 cm³/mol. The number of benzene rings is 1. The van der Waals surface area contributed by atoms with Crippen molar-refractivity contribution in [3.63, 3.8) is 0 Å². The van der Waals surface area contributed by atoms with E-state index in [9.17, 15) is 4.79 Å². The number of nitrogens with zero attached hydrogens (tertiary/aromatic N) is 2. The topological polar surface area (TPSA) is 72.9 Å². The second-order valence-electron chi connectivity index (χ2n) is 4.56. The molecular weight excluding hydrogens is 240 g/mol. The Kier molecular flexibility index (Phi) is 3.55. The summed E-state index contributed by atoms with van der Waals surface area (Å²) in [5.74, 6) is -0.208. The molecule has 5 nitrogen and oxygen atoms in total. The summed E-state index contributed by atoms with van der Waals surface area (Å²) in [6.07, 6.45) is 2.56. The van der Waals surface area contributed by atoms with Gasteiger partial charge in [-0.1, -0.05) is 13.0 Å². The van der Waals surface area contributed by atoms with Gasteiger partial charge >= 0.3 is 0 Å². The van der Waals surface area contributed by atoms with Crippen molar-refractivity contribution in [2.45, 2.75) is 20.3 Å². The van der Waals surface area contributed by atoms with Crippen molar-refractivity contribution in [1.82, 2.24) is 9.78 Å². The number of aromatic nitrogens is 2. The molecule has 0 atom stereocenters. The molecular formula is C14H18N4O. The molecule has 2 aromatic rings. The minimum atomic E-state index is -0.208. The standard InChI is InChI=1S/C14H18N4O/c1-4-12-13(8-18(3)17-12)16-14(19)10-6-5-9(2)7-11(10)15/h5-8H,4,15H2,1-3H3,(H,16,19). The molecule has 1 aromatic heterocycles. The van der Waals surface area contributed by atoms with Gasteiger partial charge in [-0.2, -0.15) is 5.10 Å². The second kappa shape index (κ2) is 5.14. The molecule has 0 unspecified atom stereocenters. The van der Waals surface area contributed by atoms with Crippen molar-refractivity contribution in [2.75, 3.05) is 11.1 Å². The fraction of sp³-hybridized carbons (Fsp3) is 0.286. The number of rotatable bonds is 3. The third-order valence-corrected chi connectivity index (χ3v) is 2.94. The quantitative estimate of drug-likeness (QED) is 0.828. The average Bonchev–Trinajstić information content (AvgIpc) is 2.69. The highest BCUT2D eigenvalue weighted by molar-refractivity contribution is 6.07. The van der Waals surface area contributed by atoms with Crippen LogP contribution in [-0.4, -0.2) is 15.7 Å². The van der Waals surface area contributed by atoms with E-state index in [-0.39, 0.29) is 5.91 Å². The Morgan fingerprint density at radius 2 is 2.21 bits per heavy atom. The van der Waals surface area contributed by atoms with Crippen molar-refractivity contribution in [2.24, 2.45) is 7.05 Å². The first-order valence-corrected chi connectivity index (χ1v) is 6.21. The third-order valence-electron chi connectivity index (χ3n) is 2.94. The molecule has 3 N–H and O–H groups in total. The molecule has 19 heavy (non-hydrogen) atoms. The third kappa shape index (κ3) is 2.76. The fourth-order valence-electron chi connectivity index (χ4n) is 1.98. The van der Waals surface area contributed by atoms with Gasteiger partial charge in [0.1, 0.15) is 0 Å². The first kappa shape index (κ1) is 13.1. The van der Waals surface area contributed by atoms with Crippen LogP contribution in [0.25, 0.3) is 0 Å². The molecule has 0 fully saturated rings. The molecule has 5 heteroatoms. The lowest BCUT2D eigenvalue weighted by Gasteiger charge is -2.07. The number of aryl methyl sites for hydroxylation is 3. The normalized spacial score (nSPS) is 10.5. The number of nitrogen functional groups attached to an aromatic ring is 1. The summed E-state index contributed by atoms with van der Waals surface area (Å²) >= 11 is 0. The highest BCUT2D eigenvalue weighted by atomic mass is 16.1.